The summed E-state index contributed by atoms with van der Waals surface area (Å²) in [4.78, 5) is 4.79. The van der Waals surface area contributed by atoms with Crippen molar-refractivity contribution in [1.82, 2.24) is 9.80 Å². The fourth-order valence-electron chi connectivity index (χ4n) is 3.29. The number of likely N-dealkylation sites (N-methyl/N-ethyl adjacent to an activating group) is 1. The summed E-state index contributed by atoms with van der Waals surface area (Å²) in [5.74, 6) is 2.71. The number of hydrogen-bond acceptors (Lipinski definition) is 4. The van der Waals surface area contributed by atoms with Crippen LogP contribution in [0, 0.1) is 12.8 Å². The van der Waals surface area contributed by atoms with Crippen molar-refractivity contribution in [2.45, 2.75) is 38.8 Å². The van der Waals surface area contributed by atoms with Crippen LogP contribution in [-0.4, -0.2) is 49.6 Å². The van der Waals surface area contributed by atoms with Crippen LogP contribution in [0.3, 0.4) is 0 Å². The van der Waals surface area contributed by atoms with Crippen molar-refractivity contribution in [2.75, 3.05) is 33.7 Å². The monoisotopic (exact) mass is 279 g/mol. The standard InChI is InChI=1S/C16H29N3O/c1-5-14(17)16(15-7-6-12(2)20-15)19(4)11-13-8-9-18(3)10-13/h6-7,13-14,16H,5,8-11,17H2,1-4H3. The number of furan rings is 1. The molecule has 0 amide bonds. The Bertz CT molecular complexity index is 418. The highest BCUT2D eigenvalue weighted by Gasteiger charge is 2.29. The summed E-state index contributed by atoms with van der Waals surface area (Å²) in [6.07, 6.45) is 2.24. The number of likely N-dealkylation sites (tertiary alicyclic amines) is 1. The quantitative estimate of drug-likeness (QED) is 0.867. The molecule has 0 aliphatic carbocycles. The van der Waals surface area contributed by atoms with Crippen LogP contribution < -0.4 is 5.73 Å². The molecule has 4 nitrogen and oxygen atoms in total. The molecule has 2 rings (SSSR count). The van der Waals surface area contributed by atoms with Crippen molar-refractivity contribution in [2.24, 2.45) is 11.7 Å². The van der Waals surface area contributed by atoms with E-state index in [1.54, 1.807) is 0 Å². The van der Waals surface area contributed by atoms with Gasteiger partial charge in [-0.25, -0.2) is 0 Å². The predicted octanol–water partition coefficient (Wildman–Crippen LogP) is 2.25. The van der Waals surface area contributed by atoms with E-state index in [4.69, 9.17) is 10.2 Å². The smallest absolute Gasteiger partial charge is 0.122 e. The SMILES string of the molecule is CCC(N)C(c1ccc(C)o1)N(C)CC1CCN(C)C1. The number of rotatable bonds is 6. The number of aryl methyl sites for hydroxylation is 1. The van der Waals surface area contributed by atoms with Gasteiger partial charge in [0.05, 0.1) is 6.04 Å². The van der Waals surface area contributed by atoms with E-state index in [-0.39, 0.29) is 12.1 Å². The lowest BCUT2D eigenvalue weighted by atomic mass is 10.0. The first-order valence-electron chi connectivity index (χ1n) is 7.72. The normalized spacial score (nSPS) is 23.4. The van der Waals surface area contributed by atoms with E-state index in [0.717, 1.165) is 30.4 Å². The molecule has 0 bridgehead atoms. The van der Waals surface area contributed by atoms with Gasteiger partial charge in [0.1, 0.15) is 11.5 Å². The summed E-state index contributed by atoms with van der Waals surface area (Å²) < 4.78 is 5.84. The van der Waals surface area contributed by atoms with Crippen molar-refractivity contribution in [3.8, 4) is 0 Å². The molecule has 4 heteroatoms. The van der Waals surface area contributed by atoms with Crippen molar-refractivity contribution in [3.63, 3.8) is 0 Å². The Morgan fingerprint density at radius 3 is 2.75 bits per heavy atom. The molecule has 1 saturated heterocycles. The van der Waals surface area contributed by atoms with E-state index >= 15 is 0 Å². The summed E-state index contributed by atoms with van der Waals surface area (Å²) in [6.45, 7) is 7.62. The van der Waals surface area contributed by atoms with Gasteiger partial charge in [0.25, 0.3) is 0 Å². The molecule has 114 valence electrons. The molecular formula is C16H29N3O. The first-order chi connectivity index (χ1) is 9.51. The Hall–Kier alpha value is -0.840. The van der Waals surface area contributed by atoms with Gasteiger partial charge >= 0.3 is 0 Å². The molecule has 2 N–H and O–H groups in total. The first-order valence-corrected chi connectivity index (χ1v) is 7.72. The van der Waals surface area contributed by atoms with Gasteiger partial charge in [-0.05, 0) is 58.5 Å². The first kappa shape index (κ1) is 15.5. The largest absolute Gasteiger partial charge is 0.465 e. The molecule has 0 saturated carbocycles. The average molecular weight is 279 g/mol. The molecule has 0 aromatic carbocycles. The second-order valence-electron chi connectivity index (χ2n) is 6.32. The molecule has 1 aromatic rings. The molecule has 1 aliphatic rings. The summed E-state index contributed by atoms with van der Waals surface area (Å²) in [6, 6.07) is 4.40. The summed E-state index contributed by atoms with van der Waals surface area (Å²) in [7, 11) is 4.38. The van der Waals surface area contributed by atoms with Gasteiger partial charge in [-0.15, -0.1) is 0 Å². The zero-order valence-corrected chi connectivity index (χ0v) is 13.3. The molecular weight excluding hydrogens is 250 g/mol. The maximum atomic E-state index is 6.35. The van der Waals surface area contributed by atoms with Crippen LogP contribution in [0.2, 0.25) is 0 Å². The van der Waals surface area contributed by atoms with Crippen molar-refractivity contribution >= 4 is 0 Å². The zero-order valence-electron chi connectivity index (χ0n) is 13.3. The minimum atomic E-state index is 0.115. The van der Waals surface area contributed by atoms with Crippen molar-refractivity contribution < 1.29 is 4.42 Å². The van der Waals surface area contributed by atoms with Gasteiger partial charge in [-0.1, -0.05) is 6.92 Å². The van der Waals surface area contributed by atoms with E-state index in [2.05, 4.69) is 36.9 Å². The van der Waals surface area contributed by atoms with Crippen LogP contribution in [0.1, 0.15) is 37.3 Å². The molecule has 0 radical (unpaired) electrons. The van der Waals surface area contributed by atoms with Crippen LogP contribution in [-0.2, 0) is 0 Å². The fourth-order valence-corrected chi connectivity index (χ4v) is 3.29. The lowest BCUT2D eigenvalue weighted by Crippen LogP contribution is -2.41. The Balaban J connectivity index is 2.06. The van der Waals surface area contributed by atoms with E-state index in [1.807, 2.05) is 13.0 Å². The van der Waals surface area contributed by atoms with Crippen molar-refractivity contribution in [1.29, 1.82) is 0 Å². The highest BCUT2D eigenvalue weighted by atomic mass is 16.3. The van der Waals surface area contributed by atoms with Gasteiger partial charge in [-0.2, -0.15) is 0 Å². The van der Waals surface area contributed by atoms with Crippen LogP contribution in [0.25, 0.3) is 0 Å². The molecule has 2 heterocycles. The maximum Gasteiger partial charge on any atom is 0.122 e. The van der Waals surface area contributed by atoms with Crippen molar-refractivity contribution in [3.05, 3.63) is 23.7 Å². The Morgan fingerprint density at radius 2 is 2.25 bits per heavy atom. The molecule has 0 spiro atoms. The third-order valence-corrected chi connectivity index (χ3v) is 4.44. The van der Waals surface area contributed by atoms with Gasteiger partial charge in [0.2, 0.25) is 0 Å². The predicted molar refractivity (Wildman–Crippen MR) is 82.7 cm³/mol. The van der Waals surface area contributed by atoms with E-state index in [1.165, 1.54) is 19.5 Å². The maximum absolute atomic E-state index is 6.35. The average Bonchev–Trinajstić information content (AvgIpc) is 2.99. The molecule has 3 unspecified atom stereocenters. The highest BCUT2D eigenvalue weighted by Crippen LogP contribution is 2.27. The van der Waals surface area contributed by atoms with Crippen LogP contribution in [0.15, 0.2) is 16.5 Å². The fraction of sp³-hybridized carbons (Fsp3) is 0.750. The minimum Gasteiger partial charge on any atom is -0.465 e. The second-order valence-corrected chi connectivity index (χ2v) is 6.32. The third kappa shape index (κ3) is 3.62. The molecule has 1 aromatic heterocycles. The number of nitrogens with two attached hydrogens (primary N) is 1. The lowest BCUT2D eigenvalue weighted by Gasteiger charge is -2.32. The lowest BCUT2D eigenvalue weighted by molar-refractivity contribution is 0.158. The van der Waals surface area contributed by atoms with E-state index < -0.39 is 0 Å². The van der Waals surface area contributed by atoms with Gasteiger partial charge in [0.15, 0.2) is 0 Å². The van der Waals surface area contributed by atoms with E-state index in [9.17, 15) is 0 Å². The highest BCUT2D eigenvalue weighted by molar-refractivity contribution is 5.12. The van der Waals surface area contributed by atoms with Gasteiger partial charge < -0.3 is 15.1 Å². The minimum absolute atomic E-state index is 0.115. The number of hydrogen-bond donors (Lipinski definition) is 1. The summed E-state index contributed by atoms with van der Waals surface area (Å²) in [5, 5.41) is 0. The van der Waals surface area contributed by atoms with Gasteiger partial charge in [0, 0.05) is 19.1 Å². The Morgan fingerprint density at radius 1 is 1.50 bits per heavy atom. The number of nitrogens with zero attached hydrogens (tertiary/aromatic N) is 2. The summed E-state index contributed by atoms with van der Waals surface area (Å²) in [5.41, 5.74) is 6.35. The summed E-state index contributed by atoms with van der Waals surface area (Å²) >= 11 is 0. The van der Waals surface area contributed by atoms with Gasteiger partial charge in [-0.3, -0.25) is 4.90 Å². The topological polar surface area (TPSA) is 45.6 Å². The molecule has 20 heavy (non-hydrogen) atoms. The Labute approximate surface area is 122 Å². The van der Waals surface area contributed by atoms with Crippen LogP contribution in [0.4, 0.5) is 0 Å². The second kappa shape index (κ2) is 6.74. The molecule has 3 atom stereocenters. The molecule has 1 fully saturated rings. The Kier molecular flexibility index (Phi) is 5.24. The van der Waals surface area contributed by atoms with Crippen LogP contribution in [0.5, 0.6) is 0 Å². The van der Waals surface area contributed by atoms with Crippen LogP contribution >= 0.6 is 0 Å². The van der Waals surface area contributed by atoms with E-state index in [0.29, 0.717) is 0 Å². The zero-order chi connectivity index (χ0) is 14.7. The molecule has 1 aliphatic heterocycles. The third-order valence-electron chi connectivity index (χ3n) is 4.44.